The zero-order valence-electron chi connectivity index (χ0n) is 14.5. The Hall–Kier alpha value is -2.61. The maximum atomic E-state index is 12.4. The molecule has 1 saturated heterocycles. The van der Waals surface area contributed by atoms with Gasteiger partial charge < -0.3 is 19.9 Å². The van der Waals surface area contributed by atoms with Crippen LogP contribution in [0, 0.1) is 0 Å². The molecule has 0 atom stereocenters. The Morgan fingerprint density at radius 1 is 1.24 bits per heavy atom. The number of benzene rings is 1. The number of hydrogen-bond donors (Lipinski definition) is 2. The van der Waals surface area contributed by atoms with Gasteiger partial charge in [-0.05, 0) is 25.2 Å². The van der Waals surface area contributed by atoms with Gasteiger partial charge in [0.2, 0.25) is 5.91 Å². The van der Waals surface area contributed by atoms with Crippen molar-refractivity contribution in [2.75, 3.05) is 50.6 Å². The van der Waals surface area contributed by atoms with E-state index in [1.165, 1.54) is 0 Å². The normalized spacial score (nSPS) is 18.4. The number of carbonyl (C=O) groups excluding carboxylic acids is 2. The maximum Gasteiger partial charge on any atom is 0.271 e. The molecular formula is C17H23N5O3. The zero-order chi connectivity index (χ0) is 17.8. The van der Waals surface area contributed by atoms with E-state index in [-0.39, 0.29) is 18.2 Å². The molecule has 0 aliphatic carbocycles. The molecule has 1 fully saturated rings. The molecule has 25 heavy (non-hydrogen) atoms. The number of nitrogens with one attached hydrogen (secondary N) is 2. The number of methoxy groups -OCH3 is 1. The summed E-state index contributed by atoms with van der Waals surface area (Å²) >= 11 is 0. The highest BCUT2D eigenvalue weighted by atomic mass is 16.5. The number of ether oxygens (including phenoxy) is 1. The summed E-state index contributed by atoms with van der Waals surface area (Å²) in [5, 5.41) is 6.68. The molecule has 1 aromatic rings. The molecule has 2 heterocycles. The van der Waals surface area contributed by atoms with Gasteiger partial charge in [-0.2, -0.15) is 5.10 Å². The lowest BCUT2D eigenvalue weighted by molar-refractivity contribution is -0.121. The first-order valence-corrected chi connectivity index (χ1v) is 8.35. The summed E-state index contributed by atoms with van der Waals surface area (Å²) in [7, 11) is 3.68. The van der Waals surface area contributed by atoms with Crippen LogP contribution in [-0.4, -0.2) is 62.8 Å². The van der Waals surface area contributed by atoms with Gasteiger partial charge in [0.15, 0.2) is 0 Å². The van der Waals surface area contributed by atoms with Gasteiger partial charge in [0, 0.05) is 44.7 Å². The SMILES string of the molecule is COc1ccc(N2CCN(C)CC2)cc1NC(=O)C1=NNC(=O)CC1. The molecule has 3 rings (SSSR count). The smallest absolute Gasteiger partial charge is 0.271 e. The topological polar surface area (TPSA) is 86.3 Å². The summed E-state index contributed by atoms with van der Waals surface area (Å²) in [5.41, 5.74) is 4.30. The molecule has 134 valence electrons. The predicted octanol–water partition coefficient (Wildman–Crippen LogP) is 0.651. The van der Waals surface area contributed by atoms with Crippen molar-refractivity contribution in [2.45, 2.75) is 12.8 Å². The molecule has 2 amide bonds. The second-order valence-corrected chi connectivity index (χ2v) is 6.22. The molecule has 0 unspecified atom stereocenters. The summed E-state index contributed by atoms with van der Waals surface area (Å²) in [4.78, 5) is 28.1. The lowest BCUT2D eigenvalue weighted by atomic mass is 10.1. The Labute approximate surface area is 146 Å². The van der Waals surface area contributed by atoms with Crippen LogP contribution in [0.3, 0.4) is 0 Å². The lowest BCUT2D eigenvalue weighted by Gasteiger charge is -2.34. The minimum atomic E-state index is -0.325. The summed E-state index contributed by atoms with van der Waals surface area (Å²) < 4.78 is 5.36. The predicted molar refractivity (Wildman–Crippen MR) is 96.1 cm³/mol. The van der Waals surface area contributed by atoms with Gasteiger partial charge in [-0.1, -0.05) is 0 Å². The fraction of sp³-hybridized carbons (Fsp3) is 0.471. The first-order chi connectivity index (χ1) is 12.1. The van der Waals surface area contributed by atoms with Crippen LogP contribution in [0.4, 0.5) is 11.4 Å². The van der Waals surface area contributed by atoms with Crippen LogP contribution in [0.15, 0.2) is 23.3 Å². The van der Waals surface area contributed by atoms with E-state index in [9.17, 15) is 9.59 Å². The third-order valence-electron chi connectivity index (χ3n) is 4.47. The van der Waals surface area contributed by atoms with Crippen LogP contribution in [0.25, 0.3) is 0 Å². The number of likely N-dealkylation sites (N-methyl/N-ethyl adjacent to an activating group) is 1. The van der Waals surface area contributed by atoms with Crippen LogP contribution in [0.5, 0.6) is 5.75 Å². The van der Waals surface area contributed by atoms with Gasteiger partial charge in [-0.25, -0.2) is 5.43 Å². The van der Waals surface area contributed by atoms with Gasteiger partial charge in [0.1, 0.15) is 11.5 Å². The second kappa shape index (κ2) is 7.52. The summed E-state index contributed by atoms with van der Waals surface area (Å²) in [6, 6.07) is 5.77. The number of nitrogens with zero attached hydrogens (tertiary/aromatic N) is 3. The molecule has 0 aromatic heterocycles. The van der Waals surface area contributed by atoms with E-state index >= 15 is 0 Å². The van der Waals surface area contributed by atoms with Crippen LogP contribution >= 0.6 is 0 Å². The molecule has 8 heteroatoms. The van der Waals surface area contributed by atoms with Gasteiger partial charge >= 0.3 is 0 Å². The van der Waals surface area contributed by atoms with Crippen molar-refractivity contribution in [1.29, 1.82) is 0 Å². The molecule has 2 N–H and O–H groups in total. The van der Waals surface area contributed by atoms with Crippen molar-refractivity contribution >= 4 is 28.9 Å². The van der Waals surface area contributed by atoms with Crippen LogP contribution < -0.4 is 20.4 Å². The molecule has 0 spiro atoms. The Kier molecular flexibility index (Phi) is 5.18. The van der Waals surface area contributed by atoms with Crippen molar-refractivity contribution in [3.8, 4) is 5.75 Å². The Morgan fingerprint density at radius 2 is 2.00 bits per heavy atom. The second-order valence-electron chi connectivity index (χ2n) is 6.22. The summed E-state index contributed by atoms with van der Waals surface area (Å²) in [6.07, 6.45) is 0.600. The minimum absolute atomic E-state index is 0.175. The lowest BCUT2D eigenvalue weighted by Crippen LogP contribution is -2.44. The molecule has 0 radical (unpaired) electrons. The van der Waals surface area contributed by atoms with Crippen molar-refractivity contribution < 1.29 is 14.3 Å². The Morgan fingerprint density at radius 3 is 2.64 bits per heavy atom. The fourth-order valence-electron chi connectivity index (χ4n) is 2.89. The summed E-state index contributed by atoms with van der Waals surface area (Å²) in [6.45, 7) is 3.89. The highest BCUT2D eigenvalue weighted by molar-refractivity contribution is 6.43. The standard InChI is InChI=1S/C17H23N5O3/c1-21-7-9-22(10-8-21)12-3-5-15(25-2)14(11-12)18-17(24)13-4-6-16(23)20-19-13/h3,5,11H,4,6-10H2,1-2H3,(H,18,24)(H,20,23). The number of carbonyl (C=O) groups is 2. The Balaban J connectivity index is 1.76. The maximum absolute atomic E-state index is 12.4. The van der Waals surface area contributed by atoms with E-state index in [0.29, 0.717) is 23.6 Å². The van der Waals surface area contributed by atoms with E-state index in [1.54, 1.807) is 7.11 Å². The van der Waals surface area contributed by atoms with Gasteiger partial charge in [-0.15, -0.1) is 0 Å². The molecule has 1 aromatic carbocycles. The summed E-state index contributed by atoms with van der Waals surface area (Å²) in [5.74, 6) is 0.0895. The zero-order valence-corrected chi connectivity index (χ0v) is 14.5. The Bertz CT molecular complexity index is 696. The minimum Gasteiger partial charge on any atom is -0.495 e. The van der Waals surface area contributed by atoms with Crippen LogP contribution in [0.1, 0.15) is 12.8 Å². The van der Waals surface area contributed by atoms with E-state index in [1.807, 2.05) is 18.2 Å². The monoisotopic (exact) mass is 345 g/mol. The average molecular weight is 345 g/mol. The largest absolute Gasteiger partial charge is 0.495 e. The van der Waals surface area contributed by atoms with Crippen molar-refractivity contribution in [3.63, 3.8) is 0 Å². The highest BCUT2D eigenvalue weighted by Crippen LogP contribution is 2.30. The molecule has 2 aliphatic heterocycles. The van der Waals surface area contributed by atoms with Gasteiger partial charge in [0.05, 0.1) is 12.8 Å². The number of amides is 2. The number of piperazine rings is 1. The van der Waals surface area contributed by atoms with E-state index < -0.39 is 0 Å². The van der Waals surface area contributed by atoms with E-state index in [2.05, 4.69) is 32.7 Å². The van der Waals surface area contributed by atoms with Gasteiger partial charge in [-0.3, -0.25) is 9.59 Å². The van der Waals surface area contributed by atoms with Crippen LogP contribution in [0.2, 0.25) is 0 Å². The first-order valence-electron chi connectivity index (χ1n) is 8.35. The van der Waals surface area contributed by atoms with Gasteiger partial charge in [0.25, 0.3) is 5.91 Å². The quantitative estimate of drug-likeness (QED) is 0.837. The number of anilines is 2. The molecule has 2 aliphatic rings. The number of hydrazone groups is 1. The molecular weight excluding hydrogens is 322 g/mol. The third kappa shape index (κ3) is 4.08. The average Bonchev–Trinajstić information content (AvgIpc) is 2.63. The van der Waals surface area contributed by atoms with Crippen LogP contribution in [-0.2, 0) is 9.59 Å². The molecule has 8 nitrogen and oxygen atoms in total. The number of hydrogen-bond acceptors (Lipinski definition) is 6. The van der Waals surface area contributed by atoms with Crippen molar-refractivity contribution in [3.05, 3.63) is 18.2 Å². The van der Waals surface area contributed by atoms with E-state index in [0.717, 1.165) is 31.9 Å². The van der Waals surface area contributed by atoms with Crippen molar-refractivity contribution in [2.24, 2.45) is 5.10 Å². The van der Waals surface area contributed by atoms with E-state index in [4.69, 9.17) is 4.74 Å². The number of rotatable bonds is 4. The van der Waals surface area contributed by atoms with Crippen molar-refractivity contribution in [1.82, 2.24) is 10.3 Å². The highest BCUT2D eigenvalue weighted by Gasteiger charge is 2.21. The fourth-order valence-corrected chi connectivity index (χ4v) is 2.89. The first kappa shape index (κ1) is 17.2. The molecule has 0 saturated carbocycles. The molecule has 0 bridgehead atoms. The third-order valence-corrected chi connectivity index (χ3v) is 4.47.